The van der Waals surface area contributed by atoms with Gasteiger partial charge in [-0.2, -0.15) is 0 Å². The Labute approximate surface area is 295 Å². The zero-order chi connectivity index (χ0) is 36.4. The second-order valence-electron chi connectivity index (χ2n) is 11.2. The lowest BCUT2D eigenvalue weighted by Gasteiger charge is -2.24. The van der Waals surface area contributed by atoms with Crippen LogP contribution in [-0.2, 0) is 36.2 Å². The highest BCUT2D eigenvalue weighted by Crippen LogP contribution is 2.38. The molecule has 17 heteroatoms. The summed E-state index contributed by atoms with van der Waals surface area (Å²) in [6.07, 6.45) is 0.161. The molecule has 0 spiro atoms. The lowest BCUT2D eigenvalue weighted by molar-refractivity contribution is -0.280. The summed E-state index contributed by atoms with van der Waals surface area (Å²) in [5.41, 5.74) is 3.04. The maximum absolute atomic E-state index is 13.6. The summed E-state index contributed by atoms with van der Waals surface area (Å²) in [5, 5.41) is 11.4. The Morgan fingerprint density at radius 1 is 1.04 bits per heavy atom. The van der Waals surface area contributed by atoms with E-state index in [2.05, 4.69) is 9.05 Å². The Balaban J connectivity index is 1.32. The fourth-order valence-electron chi connectivity index (χ4n) is 5.21. The number of methoxy groups -OCH3 is 1. The third kappa shape index (κ3) is 11.0. The largest absolute Gasteiger partial charge is 0.700 e. The van der Waals surface area contributed by atoms with E-state index in [4.69, 9.17) is 40.5 Å². The average Bonchev–Trinajstić information content (AvgIpc) is 3.34. The first-order valence-electron chi connectivity index (χ1n) is 15.3. The van der Waals surface area contributed by atoms with Gasteiger partial charge in [-0.25, -0.2) is 0 Å². The molecular weight excluding hydrogens is 714 g/mol. The fraction of sp³-hybridized carbons (Fsp3) is 0.333. The molecule has 1 heterocycles. The number of rotatable bonds is 18. The predicted molar refractivity (Wildman–Crippen MR) is 185 cm³/mol. The molecule has 14 nitrogen and oxygen atoms in total. The Morgan fingerprint density at radius 2 is 1.78 bits per heavy atom. The van der Waals surface area contributed by atoms with E-state index in [1.165, 1.54) is 0 Å². The quantitative estimate of drug-likeness (QED) is 0.0449. The van der Waals surface area contributed by atoms with E-state index >= 15 is 0 Å². The first-order valence-corrected chi connectivity index (χ1v) is 17.9. The van der Waals surface area contributed by atoms with Gasteiger partial charge in [-0.1, -0.05) is 28.3 Å². The van der Waals surface area contributed by atoms with Gasteiger partial charge in [0.15, 0.2) is 0 Å². The number of carbonyl (C=O) groups is 2. The van der Waals surface area contributed by atoms with Crippen LogP contribution in [0.5, 0.6) is 11.5 Å². The van der Waals surface area contributed by atoms with E-state index in [0.29, 0.717) is 69.4 Å². The van der Waals surface area contributed by atoms with Gasteiger partial charge in [0.05, 0.1) is 25.7 Å². The number of benzene rings is 3. The fourth-order valence-corrected chi connectivity index (χ4v) is 6.15. The highest BCUT2D eigenvalue weighted by atomic mass is 35.5. The number of fused-ring (bicyclic) bond motifs is 1. The van der Waals surface area contributed by atoms with Crippen molar-refractivity contribution >= 4 is 51.2 Å². The monoisotopic (exact) mass is 751 g/mol. The van der Waals surface area contributed by atoms with Crippen molar-refractivity contribution in [2.45, 2.75) is 38.8 Å². The molecule has 4 rings (SSSR count). The van der Waals surface area contributed by atoms with Gasteiger partial charge >= 0.3 is 28.8 Å². The minimum Gasteiger partial charge on any atom is -0.497 e. The molecule has 0 saturated carbocycles. The van der Waals surface area contributed by atoms with Crippen LogP contribution in [0.15, 0.2) is 66.7 Å². The van der Waals surface area contributed by atoms with E-state index in [1.54, 1.807) is 97.3 Å². The van der Waals surface area contributed by atoms with Crippen LogP contribution in [0.25, 0.3) is 10.9 Å². The number of halogens is 1. The van der Waals surface area contributed by atoms with Gasteiger partial charge in [-0.05, 0) is 86.1 Å². The summed E-state index contributed by atoms with van der Waals surface area (Å²) in [5.74, 6) is -2.22. The van der Waals surface area contributed by atoms with Gasteiger partial charge in [0.1, 0.15) is 18.1 Å². The molecule has 4 aromatic rings. The van der Waals surface area contributed by atoms with Crippen LogP contribution in [0.2, 0.25) is 5.02 Å². The van der Waals surface area contributed by atoms with Crippen LogP contribution >= 0.6 is 28.5 Å². The number of hydrogen-bond acceptors (Lipinski definition) is 12. The van der Waals surface area contributed by atoms with Gasteiger partial charge in [0.2, 0.25) is 0 Å². The minimum absolute atomic E-state index is 0.000199. The molecule has 2 unspecified atom stereocenters. The lowest BCUT2D eigenvalue weighted by atomic mass is 10.1. The Kier molecular flexibility index (Phi) is 14.2. The van der Waals surface area contributed by atoms with Crippen LogP contribution in [0.3, 0.4) is 0 Å². The smallest absolute Gasteiger partial charge is 0.497 e. The van der Waals surface area contributed by atoms with Gasteiger partial charge < -0.3 is 34.0 Å². The molecule has 0 amide bonds. The summed E-state index contributed by atoms with van der Waals surface area (Å²) in [4.78, 5) is 55.4. The molecule has 3 aromatic carbocycles. The van der Waals surface area contributed by atoms with E-state index < -0.39 is 28.8 Å². The zero-order valence-corrected chi connectivity index (χ0v) is 30.1. The number of nitrogens with zero attached hydrogens (tertiary/aromatic N) is 2. The molecule has 0 saturated heterocycles. The lowest BCUT2D eigenvalue weighted by Crippen LogP contribution is -2.36. The first kappa shape index (κ1) is 39.3. The Bertz CT molecular complexity index is 1800. The standard InChI is InChI=1S/C33H37ClN2O12P2/c1-22-28(29-19-26(44-3)12-13-30(29)36(22)32(38)24-8-10-25(34)11-9-24)20-31(37)46-21-23-6-4-7-27(18-23)45-17-5-15-35(2)16-14-33(39,47-49(40)41)48-50(42)43/h4,6-13,18-19,39-41H,5,14-17,20-21H2,1-3H3/p+1. The third-order valence-electron chi connectivity index (χ3n) is 7.66. The minimum atomic E-state index is -3.25. The molecule has 1 aromatic heterocycles. The van der Waals surface area contributed by atoms with E-state index in [1.807, 2.05) is 0 Å². The second-order valence-corrected chi connectivity index (χ2v) is 13.0. The Hall–Kier alpha value is -3.52. The number of hydrogen-bond donors (Lipinski definition) is 4. The average molecular weight is 752 g/mol. The van der Waals surface area contributed by atoms with Crippen molar-refractivity contribution in [3.63, 3.8) is 0 Å². The molecule has 0 aliphatic rings. The number of carbonyl (C=O) groups excluding carboxylic acids is 2. The maximum atomic E-state index is 13.6. The highest BCUT2D eigenvalue weighted by Gasteiger charge is 2.42. The van der Waals surface area contributed by atoms with Crippen LogP contribution in [0, 0.1) is 6.92 Å². The SMILES string of the molecule is COc1ccc2c(c1)c(CC(=O)OCc1cccc(OCCCN(C)CCC(O)(OP(O)O)O[P+](=O)O)c1)c(C)n2C(=O)c1ccc(Cl)cc1. The number of esters is 1. The second kappa shape index (κ2) is 18.1. The van der Waals surface area contributed by atoms with Crippen LogP contribution in [0.4, 0.5) is 0 Å². The summed E-state index contributed by atoms with van der Waals surface area (Å²) in [6.45, 7) is 2.75. The van der Waals surface area contributed by atoms with Crippen molar-refractivity contribution in [3.05, 3.63) is 94.1 Å². The van der Waals surface area contributed by atoms with Crippen molar-refractivity contribution in [3.8, 4) is 11.5 Å². The highest BCUT2D eigenvalue weighted by molar-refractivity contribution is 7.39. The topological polar surface area (TPSA) is 186 Å². The van der Waals surface area contributed by atoms with Crippen molar-refractivity contribution in [1.29, 1.82) is 0 Å². The summed E-state index contributed by atoms with van der Waals surface area (Å²) >= 11 is 6.02. The number of ether oxygens (including phenoxy) is 3. The molecule has 0 bridgehead atoms. The Morgan fingerprint density at radius 3 is 2.46 bits per heavy atom. The van der Waals surface area contributed by atoms with E-state index in [0.717, 1.165) is 0 Å². The van der Waals surface area contributed by atoms with Gasteiger partial charge in [-0.15, -0.1) is 4.89 Å². The van der Waals surface area contributed by atoms with Gasteiger partial charge in [-0.3, -0.25) is 18.7 Å². The van der Waals surface area contributed by atoms with Crippen LogP contribution < -0.4 is 9.47 Å². The van der Waals surface area contributed by atoms with Crippen molar-refractivity contribution in [2.24, 2.45) is 0 Å². The molecule has 0 aliphatic carbocycles. The molecular formula is C33H38ClN2O12P2+. The molecule has 0 aliphatic heterocycles. The van der Waals surface area contributed by atoms with Gasteiger partial charge in [0, 0.05) is 45.7 Å². The molecule has 0 radical (unpaired) electrons. The van der Waals surface area contributed by atoms with Crippen molar-refractivity contribution < 1.29 is 57.2 Å². The first-order chi connectivity index (χ1) is 23.8. The van der Waals surface area contributed by atoms with Crippen molar-refractivity contribution in [1.82, 2.24) is 9.47 Å². The molecule has 0 fully saturated rings. The molecule has 50 heavy (non-hydrogen) atoms. The summed E-state index contributed by atoms with van der Waals surface area (Å²) < 4.78 is 38.3. The maximum Gasteiger partial charge on any atom is 0.700 e. The zero-order valence-electron chi connectivity index (χ0n) is 27.5. The van der Waals surface area contributed by atoms with Crippen molar-refractivity contribution in [2.75, 3.05) is 33.9 Å². The predicted octanol–water partition coefficient (Wildman–Crippen LogP) is 5.22. The van der Waals surface area contributed by atoms with E-state index in [-0.39, 0.29) is 31.9 Å². The van der Waals surface area contributed by atoms with Crippen LogP contribution in [-0.4, -0.2) is 81.0 Å². The summed E-state index contributed by atoms with van der Waals surface area (Å²) in [6, 6.07) is 19.0. The molecule has 2 atom stereocenters. The normalized spacial score (nSPS) is 13.0. The third-order valence-corrected chi connectivity index (χ3v) is 8.80. The van der Waals surface area contributed by atoms with Crippen LogP contribution in [0.1, 0.15) is 40.0 Å². The molecule has 268 valence electrons. The van der Waals surface area contributed by atoms with Gasteiger partial charge in [0.25, 0.3) is 5.91 Å². The van der Waals surface area contributed by atoms with E-state index in [9.17, 15) is 19.3 Å². The summed E-state index contributed by atoms with van der Waals surface area (Å²) in [7, 11) is -3.01. The molecule has 4 N–H and O–H groups in total. The number of aromatic nitrogens is 1. The number of aliphatic hydroxyl groups is 1.